The first kappa shape index (κ1) is 21.8. The van der Waals surface area contributed by atoms with Crippen LogP contribution in [0.3, 0.4) is 0 Å². The van der Waals surface area contributed by atoms with E-state index in [-0.39, 0.29) is 26.4 Å². The van der Waals surface area contributed by atoms with Gasteiger partial charge in [0.25, 0.3) is 0 Å². The highest BCUT2D eigenvalue weighted by Crippen LogP contribution is 1.94. The molecule has 140 valence electrons. The third kappa shape index (κ3) is 14.7. The van der Waals surface area contributed by atoms with Gasteiger partial charge >= 0.3 is 18.5 Å². The Morgan fingerprint density at radius 2 is 0.750 bits per heavy atom. The lowest BCUT2D eigenvalue weighted by Crippen LogP contribution is -2.18. The highest BCUT2D eigenvalue weighted by atomic mass is 16.8. The zero-order valence-corrected chi connectivity index (χ0v) is 14.2. The zero-order valence-electron chi connectivity index (χ0n) is 14.2. The molecule has 0 radical (unpaired) electrons. The summed E-state index contributed by atoms with van der Waals surface area (Å²) in [6.45, 7) is 3.91. The molecule has 0 saturated heterocycles. The molecule has 0 aromatic carbocycles. The van der Waals surface area contributed by atoms with Crippen LogP contribution in [0.4, 0.5) is 14.4 Å². The van der Waals surface area contributed by atoms with Crippen LogP contribution in [0.1, 0.15) is 39.5 Å². The normalized spacial score (nSPS) is 9.75. The molecule has 0 bridgehead atoms. The SMILES string of the molecule is CCCCOC(=O)OCCOC(=O)OCCOC(=O)OCCCC. The summed E-state index contributed by atoms with van der Waals surface area (Å²) in [5.41, 5.74) is 0. The maximum absolute atomic E-state index is 11.2. The van der Waals surface area contributed by atoms with Crippen molar-refractivity contribution in [2.45, 2.75) is 39.5 Å². The summed E-state index contributed by atoms with van der Waals surface area (Å²) < 4.78 is 28.1. The van der Waals surface area contributed by atoms with Crippen LogP contribution in [0.5, 0.6) is 0 Å². The molecule has 0 N–H and O–H groups in total. The molecule has 24 heavy (non-hydrogen) atoms. The molecule has 0 aliphatic carbocycles. The molecule has 0 amide bonds. The van der Waals surface area contributed by atoms with Gasteiger partial charge in [-0.2, -0.15) is 0 Å². The molecule has 0 spiro atoms. The fourth-order valence-corrected chi connectivity index (χ4v) is 1.22. The third-order valence-corrected chi connectivity index (χ3v) is 2.48. The van der Waals surface area contributed by atoms with Crippen molar-refractivity contribution in [3.63, 3.8) is 0 Å². The quantitative estimate of drug-likeness (QED) is 0.298. The Morgan fingerprint density at radius 1 is 0.500 bits per heavy atom. The molecular weight excluding hydrogens is 324 g/mol. The molecule has 0 atom stereocenters. The van der Waals surface area contributed by atoms with Gasteiger partial charge in [0.2, 0.25) is 0 Å². The summed E-state index contributed by atoms with van der Waals surface area (Å²) >= 11 is 0. The van der Waals surface area contributed by atoms with Gasteiger partial charge in [-0.15, -0.1) is 0 Å². The predicted octanol–water partition coefficient (Wildman–Crippen LogP) is 3.05. The average molecular weight is 350 g/mol. The minimum atomic E-state index is -0.957. The van der Waals surface area contributed by atoms with Crippen molar-refractivity contribution in [1.82, 2.24) is 0 Å². The van der Waals surface area contributed by atoms with Crippen LogP contribution in [0, 0.1) is 0 Å². The van der Waals surface area contributed by atoms with Crippen molar-refractivity contribution in [3.8, 4) is 0 Å². The van der Waals surface area contributed by atoms with Crippen LogP contribution < -0.4 is 0 Å². The standard InChI is InChI=1S/C15H26O9/c1-3-5-7-19-13(16)21-9-11-23-15(18)24-12-10-22-14(17)20-8-6-4-2/h3-12H2,1-2H3. The first-order chi connectivity index (χ1) is 11.6. The van der Waals surface area contributed by atoms with E-state index < -0.39 is 18.5 Å². The summed E-state index contributed by atoms with van der Waals surface area (Å²) in [4.78, 5) is 33.3. The van der Waals surface area contributed by atoms with Crippen molar-refractivity contribution in [2.24, 2.45) is 0 Å². The van der Waals surface area contributed by atoms with Gasteiger partial charge < -0.3 is 28.4 Å². The Morgan fingerprint density at radius 3 is 1.00 bits per heavy atom. The van der Waals surface area contributed by atoms with E-state index in [2.05, 4.69) is 18.9 Å². The van der Waals surface area contributed by atoms with Crippen LogP contribution in [0.2, 0.25) is 0 Å². The topological polar surface area (TPSA) is 107 Å². The molecule has 0 fully saturated rings. The monoisotopic (exact) mass is 350 g/mol. The summed E-state index contributed by atoms with van der Waals surface area (Å²) in [6, 6.07) is 0. The van der Waals surface area contributed by atoms with Gasteiger partial charge in [-0.1, -0.05) is 26.7 Å². The molecule has 0 heterocycles. The number of hydrogen-bond acceptors (Lipinski definition) is 9. The first-order valence-corrected chi connectivity index (χ1v) is 7.98. The lowest BCUT2D eigenvalue weighted by atomic mass is 10.4. The minimum Gasteiger partial charge on any atom is -0.434 e. The Kier molecular flexibility index (Phi) is 14.3. The smallest absolute Gasteiger partial charge is 0.434 e. The number of carbonyl (C=O) groups excluding carboxylic acids is 3. The van der Waals surface area contributed by atoms with Crippen molar-refractivity contribution < 1.29 is 42.8 Å². The lowest BCUT2D eigenvalue weighted by Gasteiger charge is -2.08. The van der Waals surface area contributed by atoms with E-state index in [1.54, 1.807) is 0 Å². The van der Waals surface area contributed by atoms with Crippen LogP contribution >= 0.6 is 0 Å². The summed E-state index contributed by atoms with van der Waals surface area (Å²) in [6.07, 6.45) is 0.745. The highest BCUT2D eigenvalue weighted by molar-refractivity contribution is 5.61. The first-order valence-electron chi connectivity index (χ1n) is 7.98. The molecule has 0 saturated carbocycles. The van der Waals surface area contributed by atoms with Crippen molar-refractivity contribution in [3.05, 3.63) is 0 Å². The van der Waals surface area contributed by atoms with Crippen LogP contribution in [-0.4, -0.2) is 58.1 Å². The summed E-state index contributed by atoms with van der Waals surface area (Å²) in [5.74, 6) is 0. The number of unbranched alkanes of at least 4 members (excludes halogenated alkanes) is 2. The molecule has 0 rings (SSSR count). The molecule has 0 unspecified atom stereocenters. The number of carbonyl (C=O) groups is 3. The maximum Gasteiger partial charge on any atom is 0.508 e. The van der Waals surface area contributed by atoms with Gasteiger partial charge in [0.15, 0.2) is 0 Å². The van der Waals surface area contributed by atoms with Crippen molar-refractivity contribution >= 4 is 18.5 Å². The van der Waals surface area contributed by atoms with Gasteiger partial charge in [0.1, 0.15) is 26.4 Å². The fourth-order valence-electron chi connectivity index (χ4n) is 1.22. The Balaban J connectivity index is 3.44. The molecule has 0 aliphatic heterocycles. The number of rotatable bonds is 12. The third-order valence-electron chi connectivity index (χ3n) is 2.48. The van der Waals surface area contributed by atoms with Gasteiger partial charge in [-0.05, 0) is 12.8 Å². The van der Waals surface area contributed by atoms with Gasteiger partial charge in [-0.25, -0.2) is 14.4 Å². The van der Waals surface area contributed by atoms with E-state index in [4.69, 9.17) is 9.47 Å². The van der Waals surface area contributed by atoms with E-state index in [9.17, 15) is 14.4 Å². The predicted molar refractivity (Wildman–Crippen MR) is 81.7 cm³/mol. The average Bonchev–Trinajstić information content (AvgIpc) is 2.56. The highest BCUT2D eigenvalue weighted by Gasteiger charge is 2.08. The molecule has 9 heteroatoms. The molecule has 9 nitrogen and oxygen atoms in total. The van der Waals surface area contributed by atoms with E-state index in [1.165, 1.54) is 0 Å². The maximum atomic E-state index is 11.2. The second-order valence-corrected chi connectivity index (χ2v) is 4.55. The Hall–Kier alpha value is -2.19. The molecule has 0 aromatic rings. The minimum absolute atomic E-state index is 0.139. The summed E-state index contributed by atoms with van der Waals surface area (Å²) in [5, 5.41) is 0. The van der Waals surface area contributed by atoms with Crippen LogP contribution in [0.25, 0.3) is 0 Å². The second kappa shape index (κ2) is 15.7. The molecule has 0 aliphatic rings. The van der Waals surface area contributed by atoms with E-state index >= 15 is 0 Å². The van der Waals surface area contributed by atoms with E-state index in [0.717, 1.165) is 25.7 Å². The Labute approximate surface area is 141 Å². The number of ether oxygens (including phenoxy) is 6. The van der Waals surface area contributed by atoms with Crippen molar-refractivity contribution in [2.75, 3.05) is 39.6 Å². The second-order valence-electron chi connectivity index (χ2n) is 4.55. The fraction of sp³-hybridized carbons (Fsp3) is 0.800. The van der Waals surface area contributed by atoms with Gasteiger partial charge in [-0.3, -0.25) is 0 Å². The largest absolute Gasteiger partial charge is 0.508 e. The zero-order chi connectivity index (χ0) is 18.0. The lowest BCUT2D eigenvalue weighted by molar-refractivity contribution is 0.00503. The molecular formula is C15H26O9. The summed E-state index contributed by atoms with van der Waals surface area (Å²) in [7, 11) is 0. The van der Waals surface area contributed by atoms with Crippen LogP contribution in [0.15, 0.2) is 0 Å². The van der Waals surface area contributed by atoms with Gasteiger partial charge in [0, 0.05) is 0 Å². The van der Waals surface area contributed by atoms with Crippen molar-refractivity contribution in [1.29, 1.82) is 0 Å². The van der Waals surface area contributed by atoms with E-state index in [0.29, 0.717) is 13.2 Å². The van der Waals surface area contributed by atoms with Crippen LogP contribution in [-0.2, 0) is 28.4 Å². The van der Waals surface area contributed by atoms with Gasteiger partial charge in [0.05, 0.1) is 13.2 Å². The number of hydrogen-bond donors (Lipinski definition) is 0. The molecule has 0 aromatic heterocycles. The van der Waals surface area contributed by atoms with E-state index in [1.807, 2.05) is 13.8 Å². The Bertz CT molecular complexity index is 325.